The highest BCUT2D eigenvalue weighted by Crippen LogP contribution is 2.68. The third-order valence-corrected chi connectivity index (χ3v) is 8.28. The maximum Gasteiger partial charge on any atom is 0.328 e. The van der Waals surface area contributed by atoms with E-state index in [4.69, 9.17) is 9.26 Å². The lowest BCUT2D eigenvalue weighted by molar-refractivity contribution is -0.160. The Morgan fingerprint density at radius 1 is 1.20 bits per heavy atom. The van der Waals surface area contributed by atoms with E-state index in [9.17, 15) is 14.4 Å². The van der Waals surface area contributed by atoms with Crippen LogP contribution in [0.5, 0.6) is 0 Å². The monoisotopic (exact) mass is 479 g/mol. The standard InChI is InChI=1S/C23H19FN6O5/c1-10-7-30-8-23(30,11(2)34-10)22(19(31)27-21(33)28-20(22)32)6-12-5-13-16(14-3-4-25-9-26-14)29-35-18(13)15(24)17(12)30/h3-5,9-11H,6-8H2,1-2H3,(H-,27,28,31,32,33)/p+1. The van der Waals surface area contributed by atoms with E-state index in [-0.39, 0.29) is 22.6 Å². The number of nitrogens with one attached hydrogen (secondary N) is 2. The van der Waals surface area contributed by atoms with Crippen molar-refractivity contribution in [1.29, 1.82) is 0 Å². The van der Waals surface area contributed by atoms with E-state index in [1.54, 1.807) is 25.3 Å². The van der Waals surface area contributed by atoms with Gasteiger partial charge >= 0.3 is 6.03 Å². The summed E-state index contributed by atoms with van der Waals surface area (Å²) in [7, 11) is 0. The van der Waals surface area contributed by atoms with Crippen LogP contribution in [0.25, 0.3) is 22.4 Å². The lowest BCUT2D eigenvalue weighted by atomic mass is 9.63. The molecular formula is C23H20FN6O5+. The Labute approximate surface area is 197 Å². The molecule has 35 heavy (non-hydrogen) atoms. The first-order chi connectivity index (χ1) is 16.7. The van der Waals surface area contributed by atoms with Gasteiger partial charge in [0.2, 0.25) is 16.9 Å². The number of carbonyl (C=O) groups is 3. The van der Waals surface area contributed by atoms with Crippen LogP contribution in [-0.4, -0.2) is 63.8 Å². The topological polar surface area (TPSA) is 136 Å². The molecule has 4 aliphatic heterocycles. The number of imide groups is 2. The van der Waals surface area contributed by atoms with Crippen molar-refractivity contribution in [3.05, 3.63) is 36.0 Å². The van der Waals surface area contributed by atoms with E-state index in [1.807, 2.05) is 6.92 Å². The van der Waals surface area contributed by atoms with Crippen LogP contribution in [0.1, 0.15) is 19.4 Å². The van der Waals surface area contributed by atoms with Crippen molar-refractivity contribution >= 4 is 34.5 Å². The minimum absolute atomic E-state index is 0.0128. The maximum absolute atomic E-state index is 16.3. The van der Waals surface area contributed by atoms with E-state index >= 15 is 4.39 Å². The zero-order valence-corrected chi connectivity index (χ0v) is 18.8. The van der Waals surface area contributed by atoms with Crippen LogP contribution < -0.4 is 15.1 Å². The third-order valence-electron chi connectivity index (χ3n) is 8.28. The number of benzene rings is 1. The highest BCUT2D eigenvalue weighted by Gasteiger charge is 2.91. The minimum atomic E-state index is -1.65. The molecule has 7 rings (SSSR count). The number of rotatable bonds is 1. The Hall–Kier alpha value is -3.77. The second-order valence-electron chi connectivity index (χ2n) is 9.84. The molecule has 0 bridgehead atoms. The number of barbiturate groups is 1. The fourth-order valence-corrected chi connectivity index (χ4v) is 7.08. The summed E-state index contributed by atoms with van der Waals surface area (Å²) < 4.78 is 27.9. The molecule has 178 valence electrons. The van der Waals surface area contributed by atoms with Gasteiger partial charge in [-0.15, -0.1) is 0 Å². The summed E-state index contributed by atoms with van der Waals surface area (Å²) in [5.74, 6) is -1.96. The lowest BCUT2D eigenvalue weighted by Gasteiger charge is -2.49. The van der Waals surface area contributed by atoms with Gasteiger partial charge in [-0.3, -0.25) is 24.7 Å². The van der Waals surface area contributed by atoms with Crippen LogP contribution >= 0.6 is 0 Å². The van der Waals surface area contributed by atoms with Gasteiger partial charge in [0.1, 0.15) is 37.3 Å². The van der Waals surface area contributed by atoms with Crippen molar-refractivity contribution in [2.45, 2.75) is 38.0 Å². The largest absolute Gasteiger partial charge is 0.363 e. The summed E-state index contributed by atoms with van der Waals surface area (Å²) in [6, 6.07) is 2.49. The van der Waals surface area contributed by atoms with Gasteiger partial charge < -0.3 is 9.26 Å². The Morgan fingerprint density at radius 2 is 1.97 bits per heavy atom. The molecule has 1 aromatic carbocycles. The van der Waals surface area contributed by atoms with E-state index in [0.717, 1.165) is 0 Å². The average molecular weight is 479 g/mol. The van der Waals surface area contributed by atoms with Crippen LogP contribution in [0.4, 0.5) is 14.9 Å². The van der Waals surface area contributed by atoms with Gasteiger partial charge in [0.25, 0.3) is 11.8 Å². The molecule has 4 amide bonds. The first-order valence-electron chi connectivity index (χ1n) is 11.3. The van der Waals surface area contributed by atoms with Gasteiger partial charge in [-0.25, -0.2) is 14.8 Å². The van der Waals surface area contributed by atoms with Crippen molar-refractivity contribution in [3.63, 3.8) is 0 Å². The zero-order valence-electron chi connectivity index (χ0n) is 18.8. The molecule has 0 radical (unpaired) electrons. The van der Waals surface area contributed by atoms with Gasteiger partial charge in [0, 0.05) is 18.2 Å². The van der Waals surface area contributed by atoms with Crippen molar-refractivity contribution in [1.82, 2.24) is 30.2 Å². The average Bonchev–Trinajstić information content (AvgIpc) is 3.34. The number of morpholine rings is 1. The fourth-order valence-electron chi connectivity index (χ4n) is 7.08. The summed E-state index contributed by atoms with van der Waals surface area (Å²) in [5.41, 5.74) is -1.08. The molecule has 3 saturated heterocycles. The highest BCUT2D eigenvalue weighted by molar-refractivity contribution is 6.21. The molecular weight excluding hydrogens is 459 g/mol. The zero-order chi connectivity index (χ0) is 24.3. The second kappa shape index (κ2) is 6.26. The summed E-state index contributed by atoms with van der Waals surface area (Å²) in [5, 5.41) is 9.01. The third kappa shape index (κ3) is 2.18. The van der Waals surface area contributed by atoms with Crippen molar-refractivity contribution < 1.29 is 28.0 Å². The summed E-state index contributed by atoms with van der Waals surface area (Å²) in [6.45, 7) is 4.37. The number of hydrogen-bond donors (Lipinski definition) is 2. The van der Waals surface area contributed by atoms with E-state index in [1.165, 1.54) is 6.33 Å². The quantitative estimate of drug-likeness (QED) is 0.302. The number of ether oxygens (including phenoxy) is 1. The number of nitrogens with zero attached hydrogens (tertiary/aromatic N) is 4. The minimum Gasteiger partial charge on any atom is -0.363 e. The molecule has 2 N–H and O–H groups in total. The Kier molecular flexibility index (Phi) is 3.68. The number of aromatic nitrogens is 3. The van der Waals surface area contributed by atoms with Crippen molar-refractivity contribution in [2.75, 3.05) is 13.1 Å². The second-order valence-corrected chi connectivity index (χ2v) is 9.84. The smallest absolute Gasteiger partial charge is 0.328 e. The number of halogens is 1. The van der Waals surface area contributed by atoms with Crippen LogP contribution in [0.3, 0.4) is 0 Å². The molecule has 4 unspecified atom stereocenters. The number of urea groups is 1. The predicted molar refractivity (Wildman–Crippen MR) is 117 cm³/mol. The molecule has 4 atom stereocenters. The van der Waals surface area contributed by atoms with Crippen LogP contribution in [-0.2, 0) is 20.7 Å². The van der Waals surface area contributed by atoms with Gasteiger partial charge in [-0.05, 0) is 26.0 Å². The van der Waals surface area contributed by atoms with Crippen LogP contribution in [0, 0.1) is 11.2 Å². The van der Waals surface area contributed by atoms with E-state index < -0.39 is 40.7 Å². The number of carbonyl (C=O) groups excluding carboxylic acids is 3. The SMILES string of the molecule is CC1C[N+]23CC2(C(C)O1)C1(Cc2cc4c(-c5ccncn5)noc4c(F)c23)C(=O)NC(=O)NC1=O. The molecule has 6 heterocycles. The van der Waals surface area contributed by atoms with Gasteiger partial charge in [0.15, 0.2) is 11.1 Å². The van der Waals surface area contributed by atoms with Crippen LogP contribution in [0.15, 0.2) is 29.2 Å². The molecule has 12 heteroatoms. The van der Waals surface area contributed by atoms with Gasteiger partial charge in [-0.1, -0.05) is 5.16 Å². The lowest BCUT2D eigenvalue weighted by Crippen LogP contribution is -2.76. The number of fused-ring (bicyclic) bond motifs is 2. The number of amides is 4. The fraction of sp³-hybridized carbons (Fsp3) is 0.391. The molecule has 0 saturated carbocycles. The number of quaternary nitrogens is 1. The predicted octanol–water partition coefficient (Wildman–Crippen LogP) is 1.20. The summed E-state index contributed by atoms with van der Waals surface area (Å²) in [6.07, 6.45) is 2.00. The molecule has 2 aromatic heterocycles. The van der Waals surface area contributed by atoms with Crippen molar-refractivity contribution in [3.8, 4) is 11.4 Å². The maximum atomic E-state index is 16.3. The Morgan fingerprint density at radius 3 is 2.69 bits per heavy atom. The van der Waals surface area contributed by atoms with E-state index in [0.29, 0.717) is 41.1 Å². The highest BCUT2D eigenvalue weighted by atomic mass is 19.1. The van der Waals surface area contributed by atoms with Crippen molar-refractivity contribution in [2.24, 2.45) is 5.41 Å². The molecule has 1 spiro atoms. The summed E-state index contributed by atoms with van der Waals surface area (Å²) >= 11 is 0. The number of hydrogen-bond acceptors (Lipinski definition) is 8. The van der Waals surface area contributed by atoms with Gasteiger partial charge in [-0.2, -0.15) is 4.39 Å². The van der Waals surface area contributed by atoms with E-state index in [2.05, 4.69) is 25.8 Å². The normalized spacial score (nSPS) is 32.5. The first kappa shape index (κ1) is 20.6. The molecule has 0 aliphatic carbocycles. The molecule has 3 fully saturated rings. The summed E-state index contributed by atoms with van der Waals surface area (Å²) in [4.78, 5) is 47.1. The Bertz CT molecular complexity index is 1470. The Balaban J connectivity index is 1.53. The molecule has 11 nitrogen and oxygen atoms in total. The first-order valence-corrected chi connectivity index (χ1v) is 11.3. The van der Waals surface area contributed by atoms with Gasteiger partial charge in [0.05, 0.1) is 11.1 Å². The van der Waals surface area contributed by atoms with Crippen LogP contribution in [0.2, 0.25) is 0 Å². The molecule has 4 aliphatic rings. The molecule has 3 aromatic rings.